The maximum absolute atomic E-state index is 13.3. The van der Waals surface area contributed by atoms with Crippen molar-refractivity contribution in [3.63, 3.8) is 0 Å². The van der Waals surface area contributed by atoms with E-state index in [4.69, 9.17) is 20.9 Å². The summed E-state index contributed by atoms with van der Waals surface area (Å²) in [4.78, 5) is 15.1. The molecular weight excluding hydrogens is 448 g/mol. The van der Waals surface area contributed by atoms with Gasteiger partial charge in [-0.3, -0.25) is 4.79 Å². The summed E-state index contributed by atoms with van der Waals surface area (Å²) in [6.07, 6.45) is 0.289. The average Bonchev–Trinajstić information content (AvgIpc) is 3.17. The summed E-state index contributed by atoms with van der Waals surface area (Å²) in [6.45, 7) is 4.16. The van der Waals surface area contributed by atoms with Crippen molar-refractivity contribution in [1.29, 1.82) is 0 Å². The third-order valence-corrected chi connectivity index (χ3v) is 6.18. The molecule has 0 N–H and O–H groups in total. The molecule has 0 saturated carbocycles. The first kappa shape index (κ1) is 23.6. The third kappa shape index (κ3) is 5.49. The largest absolute Gasteiger partial charge is 0.489 e. The second-order valence-corrected chi connectivity index (χ2v) is 8.72. The molecule has 4 aromatic rings. The lowest BCUT2D eigenvalue weighted by atomic mass is 9.97. The van der Waals surface area contributed by atoms with Gasteiger partial charge in [-0.05, 0) is 54.8 Å². The monoisotopic (exact) mass is 474 g/mol. The van der Waals surface area contributed by atoms with Gasteiger partial charge in [0.2, 0.25) is 5.91 Å². The molecule has 0 aliphatic carbocycles. The lowest BCUT2D eigenvalue weighted by molar-refractivity contribution is -0.130. The number of carbonyl (C=O) groups excluding carboxylic acids is 1. The number of nitrogens with zero attached hydrogens (tertiary/aromatic N) is 2. The Bertz CT molecular complexity index is 1220. The molecule has 1 heterocycles. The number of amides is 1. The SMILES string of the molecule is Cc1noc(C)c1COc1ccc(CC(=O)N(C)C(c2ccccc2)c2ccc(Cl)cc2)cc1. The summed E-state index contributed by atoms with van der Waals surface area (Å²) in [6, 6.07) is 25.1. The van der Waals surface area contributed by atoms with Crippen LogP contribution in [0.25, 0.3) is 0 Å². The van der Waals surface area contributed by atoms with E-state index in [-0.39, 0.29) is 18.4 Å². The Labute approximate surface area is 204 Å². The van der Waals surface area contributed by atoms with Crippen molar-refractivity contribution in [1.82, 2.24) is 10.1 Å². The van der Waals surface area contributed by atoms with E-state index < -0.39 is 0 Å². The molecule has 5 nitrogen and oxygen atoms in total. The minimum atomic E-state index is -0.205. The third-order valence-electron chi connectivity index (χ3n) is 5.92. The van der Waals surface area contributed by atoms with Crippen LogP contribution in [0.15, 0.2) is 83.4 Å². The van der Waals surface area contributed by atoms with Gasteiger partial charge < -0.3 is 14.2 Å². The van der Waals surface area contributed by atoms with Gasteiger partial charge in [0.25, 0.3) is 0 Å². The van der Waals surface area contributed by atoms with Gasteiger partial charge in [-0.25, -0.2) is 0 Å². The molecule has 34 heavy (non-hydrogen) atoms. The minimum Gasteiger partial charge on any atom is -0.489 e. The number of aryl methyl sites for hydroxylation is 2. The number of carbonyl (C=O) groups is 1. The number of likely N-dealkylation sites (N-methyl/N-ethyl adjacent to an activating group) is 1. The molecule has 1 aromatic heterocycles. The van der Waals surface area contributed by atoms with Gasteiger partial charge >= 0.3 is 0 Å². The highest BCUT2D eigenvalue weighted by Gasteiger charge is 2.23. The molecule has 0 aliphatic heterocycles. The van der Waals surface area contributed by atoms with E-state index in [1.54, 1.807) is 4.90 Å². The highest BCUT2D eigenvalue weighted by Crippen LogP contribution is 2.29. The first-order valence-corrected chi connectivity index (χ1v) is 11.5. The smallest absolute Gasteiger partial charge is 0.227 e. The highest BCUT2D eigenvalue weighted by molar-refractivity contribution is 6.30. The van der Waals surface area contributed by atoms with Crippen LogP contribution in [0.4, 0.5) is 0 Å². The van der Waals surface area contributed by atoms with Crippen LogP contribution in [-0.4, -0.2) is 23.0 Å². The fourth-order valence-corrected chi connectivity index (χ4v) is 4.06. The van der Waals surface area contributed by atoms with Crippen LogP contribution >= 0.6 is 11.6 Å². The lowest BCUT2D eigenvalue weighted by Gasteiger charge is -2.29. The first-order chi connectivity index (χ1) is 16.4. The minimum absolute atomic E-state index is 0.0215. The number of hydrogen-bond acceptors (Lipinski definition) is 4. The number of aromatic nitrogens is 1. The van der Waals surface area contributed by atoms with E-state index in [2.05, 4.69) is 5.16 Å². The average molecular weight is 475 g/mol. The Kier molecular flexibility index (Phi) is 7.33. The zero-order chi connectivity index (χ0) is 24.1. The molecule has 0 spiro atoms. The quantitative estimate of drug-likeness (QED) is 0.300. The van der Waals surface area contributed by atoms with Crippen molar-refractivity contribution < 1.29 is 14.1 Å². The molecule has 0 saturated heterocycles. The fraction of sp³-hybridized carbons (Fsp3) is 0.214. The Morgan fingerprint density at radius 1 is 0.971 bits per heavy atom. The van der Waals surface area contributed by atoms with Crippen LogP contribution in [0, 0.1) is 13.8 Å². The molecule has 1 unspecified atom stereocenters. The summed E-state index contributed by atoms with van der Waals surface area (Å²) in [5, 5.41) is 4.62. The summed E-state index contributed by atoms with van der Waals surface area (Å²) in [5.74, 6) is 1.51. The van der Waals surface area contributed by atoms with Gasteiger partial charge in [0.05, 0.1) is 23.7 Å². The normalized spacial score (nSPS) is 11.8. The molecule has 0 aliphatic rings. The molecule has 0 radical (unpaired) electrons. The zero-order valence-corrected chi connectivity index (χ0v) is 20.3. The summed E-state index contributed by atoms with van der Waals surface area (Å²) in [5.41, 5.74) is 4.76. The molecule has 0 bridgehead atoms. The number of halogens is 1. The number of ether oxygens (including phenoxy) is 1. The maximum Gasteiger partial charge on any atom is 0.227 e. The van der Waals surface area contributed by atoms with E-state index in [1.807, 2.05) is 99.8 Å². The molecule has 3 aromatic carbocycles. The van der Waals surface area contributed by atoms with Crippen LogP contribution in [-0.2, 0) is 17.8 Å². The summed E-state index contributed by atoms with van der Waals surface area (Å²) < 4.78 is 11.1. The topological polar surface area (TPSA) is 55.6 Å². The van der Waals surface area contributed by atoms with Gasteiger partial charge in [0, 0.05) is 12.1 Å². The van der Waals surface area contributed by atoms with Crippen LogP contribution in [0.2, 0.25) is 5.02 Å². The Morgan fingerprint density at radius 3 is 2.24 bits per heavy atom. The van der Waals surface area contributed by atoms with Crippen LogP contribution in [0.1, 0.15) is 39.7 Å². The molecular formula is C28H27ClN2O3. The van der Waals surface area contributed by atoms with Crippen LogP contribution < -0.4 is 4.74 Å². The molecule has 174 valence electrons. The van der Waals surface area contributed by atoms with Crippen molar-refractivity contribution in [3.05, 3.63) is 118 Å². The van der Waals surface area contributed by atoms with E-state index >= 15 is 0 Å². The van der Waals surface area contributed by atoms with E-state index in [0.717, 1.165) is 39.5 Å². The Hall–Kier alpha value is -3.57. The number of benzene rings is 3. The van der Waals surface area contributed by atoms with Crippen molar-refractivity contribution in [2.75, 3.05) is 7.05 Å². The van der Waals surface area contributed by atoms with Gasteiger partial charge in [-0.1, -0.05) is 71.4 Å². The first-order valence-electron chi connectivity index (χ1n) is 11.1. The van der Waals surface area contributed by atoms with Crippen LogP contribution in [0.3, 0.4) is 0 Å². The zero-order valence-electron chi connectivity index (χ0n) is 19.5. The van der Waals surface area contributed by atoms with Crippen molar-refractivity contribution in [2.24, 2.45) is 0 Å². The van der Waals surface area contributed by atoms with Crippen molar-refractivity contribution >= 4 is 17.5 Å². The summed E-state index contributed by atoms with van der Waals surface area (Å²) in [7, 11) is 1.84. The number of rotatable bonds is 8. The maximum atomic E-state index is 13.3. The number of hydrogen-bond donors (Lipinski definition) is 0. The highest BCUT2D eigenvalue weighted by atomic mass is 35.5. The molecule has 4 rings (SSSR count). The molecule has 6 heteroatoms. The summed E-state index contributed by atoms with van der Waals surface area (Å²) >= 11 is 6.09. The van der Waals surface area contributed by atoms with Gasteiger partial charge in [-0.2, -0.15) is 0 Å². The second kappa shape index (κ2) is 10.6. The lowest BCUT2D eigenvalue weighted by Crippen LogP contribution is -2.33. The second-order valence-electron chi connectivity index (χ2n) is 8.28. The van der Waals surface area contributed by atoms with E-state index in [0.29, 0.717) is 11.6 Å². The van der Waals surface area contributed by atoms with E-state index in [9.17, 15) is 4.79 Å². The van der Waals surface area contributed by atoms with Crippen molar-refractivity contribution in [3.8, 4) is 5.75 Å². The van der Waals surface area contributed by atoms with Crippen molar-refractivity contribution in [2.45, 2.75) is 32.9 Å². The molecule has 1 atom stereocenters. The Morgan fingerprint density at radius 2 is 1.62 bits per heavy atom. The molecule has 1 amide bonds. The van der Waals surface area contributed by atoms with Gasteiger partial charge in [-0.15, -0.1) is 0 Å². The van der Waals surface area contributed by atoms with Crippen LogP contribution in [0.5, 0.6) is 5.75 Å². The van der Waals surface area contributed by atoms with E-state index in [1.165, 1.54) is 0 Å². The molecule has 0 fully saturated rings. The van der Waals surface area contributed by atoms with Gasteiger partial charge in [0.1, 0.15) is 18.1 Å². The predicted molar refractivity (Wildman–Crippen MR) is 133 cm³/mol. The fourth-order valence-electron chi connectivity index (χ4n) is 3.93. The standard InChI is InChI=1S/C28H27ClN2O3/c1-19-26(20(2)34-30-19)18-33-25-15-9-21(10-16-25)17-27(32)31(3)28(22-7-5-4-6-8-22)23-11-13-24(29)14-12-23/h4-16,28H,17-18H2,1-3H3. The predicted octanol–water partition coefficient (Wildman–Crippen LogP) is 6.31. The van der Waals surface area contributed by atoms with Gasteiger partial charge in [0.15, 0.2) is 0 Å². The Balaban J connectivity index is 1.45.